The number of nitrogens with zero attached hydrogens (tertiary/aromatic N) is 4. The molecule has 3 aromatic heterocycles. The summed E-state index contributed by atoms with van der Waals surface area (Å²) in [6, 6.07) is 3.81. The summed E-state index contributed by atoms with van der Waals surface area (Å²) in [5, 5.41) is 11.3. The average molecular weight is 341 g/mol. The minimum atomic E-state index is -0.155. The van der Waals surface area contributed by atoms with Crippen LogP contribution in [0, 0.1) is 6.92 Å². The van der Waals surface area contributed by atoms with Gasteiger partial charge >= 0.3 is 0 Å². The molecule has 8 heteroatoms. The monoisotopic (exact) mass is 341 g/mol. The average Bonchev–Trinajstić information content (AvgIpc) is 3.32. The van der Waals surface area contributed by atoms with Crippen molar-refractivity contribution in [3.05, 3.63) is 41.2 Å². The molecular formula is C17H19N5O3. The standard InChI is InChI=1S/C17H19N5O3/c1-10-5-3-6-12-15(11(2)20-22(10)12)16(23)18-9-14-19-17(25-21-14)13-7-4-8-24-13/h4,7-8,10H,3,5-6,9H2,1-2H3,(H,18,23). The SMILES string of the molecule is Cc1nn2c(c1C(=O)NCc1noc(-c3ccco3)n1)CCCC2C. The fourth-order valence-corrected chi connectivity index (χ4v) is 3.26. The van der Waals surface area contributed by atoms with Crippen molar-refractivity contribution < 1.29 is 13.7 Å². The molecule has 0 aromatic carbocycles. The number of carbonyl (C=O) groups is 1. The van der Waals surface area contributed by atoms with E-state index in [0.717, 1.165) is 30.7 Å². The zero-order valence-electron chi connectivity index (χ0n) is 14.2. The number of rotatable bonds is 4. The van der Waals surface area contributed by atoms with Crippen LogP contribution in [0.15, 0.2) is 27.3 Å². The second-order valence-electron chi connectivity index (χ2n) is 6.27. The van der Waals surface area contributed by atoms with E-state index in [9.17, 15) is 4.79 Å². The Morgan fingerprint density at radius 3 is 3.16 bits per heavy atom. The van der Waals surface area contributed by atoms with E-state index in [0.29, 0.717) is 29.1 Å². The van der Waals surface area contributed by atoms with Crippen LogP contribution >= 0.6 is 0 Å². The van der Waals surface area contributed by atoms with E-state index in [2.05, 4.69) is 27.5 Å². The van der Waals surface area contributed by atoms with E-state index in [-0.39, 0.29) is 12.5 Å². The highest BCUT2D eigenvalue weighted by Gasteiger charge is 2.26. The first kappa shape index (κ1) is 15.6. The third-order valence-corrected chi connectivity index (χ3v) is 4.47. The van der Waals surface area contributed by atoms with Crippen LogP contribution in [0.4, 0.5) is 0 Å². The summed E-state index contributed by atoms with van der Waals surface area (Å²) < 4.78 is 12.3. The van der Waals surface area contributed by atoms with Gasteiger partial charge in [-0.1, -0.05) is 5.16 Å². The molecule has 1 N–H and O–H groups in total. The van der Waals surface area contributed by atoms with Crippen LogP contribution in [0.1, 0.15) is 53.4 Å². The second kappa shape index (κ2) is 6.19. The van der Waals surface area contributed by atoms with Crippen molar-refractivity contribution in [1.29, 1.82) is 0 Å². The van der Waals surface area contributed by atoms with E-state index in [1.54, 1.807) is 12.1 Å². The fraction of sp³-hybridized carbons (Fsp3) is 0.412. The summed E-state index contributed by atoms with van der Waals surface area (Å²) in [6.45, 7) is 4.19. The summed E-state index contributed by atoms with van der Waals surface area (Å²) in [7, 11) is 0. The van der Waals surface area contributed by atoms with Gasteiger partial charge in [0.15, 0.2) is 11.6 Å². The van der Waals surface area contributed by atoms with Gasteiger partial charge in [-0.05, 0) is 45.2 Å². The Morgan fingerprint density at radius 1 is 1.48 bits per heavy atom. The quantitative estimate of drug-likeness (QED) is 0.783. The van der Waals surface area contributed by atoms with E-state index < -0.39 is 0 Å². The Hall–Kier alpha value is -2.90. The molecule has 0 saturated carbocycles. The number of carbonyl (C=O) groups excluding carboxylic acids is 1. The number of nitrogens with one attached hydrogen (secondary N) is 1. The zero-order valence-corrected chi connectivity index (χ0v) is 14.2. The van der Waals surface area contributed by atoms with Gasteiger partial charge in [-0.2, -0.15) is 10.1 Å². The highest BCUT2D eigenvalue weighted by molar-refractivity contribution is 5.96. The van der Waals surface area contributed by atoms with Gasteiger partial charge in [-0.15, -0.1) is 0 Å². The lowest BCUT2D eigenvalue weighted by atomic mass is 10.0. The lowest BCUT2D eigenvalue weighted by Gasteiger charge is -2.21. The maximum absolute atomic E-state index is 12.6. The van der Waals surface area contributed by atoms with Gasteiger partial charge in [0.05, 0.1) is 29.8 Å². The Kier molecular flexibility index (Phi) is 3.87. The maximum Gasteiger partial charge on any atom is 0.293 e. The molecule has 0 spiro atoms. The smallest absolute Gasteiger partial charge is 0.293 e. The number of amides is 1. The number of hydrogen-bond acceptors (Lipinski definition) is 6. The third-order valence-electron chi connectivity index (χ3n) is 4.47. The molecule has 8 nitrogen and oxygen atoms in total. The van der Waals surface area contributed by atoms with Crippen molar-refractivity contribution >= 4 is 5.91 Å². The first-order chi connectivity index (χ1) is 12.1. The van der Waals surface area contributed by atoms with Gasteiger partial charge in [0.25, 0.3) is 11.8 Å². The summed E-state index contributed by atoms with van der Waals surface area (Å²) in [6.07, 6.45) is 4.57. The number of fused-ring (bicyclic) bond motifs is 1. The zero-order chi connectivity index (χ0) is 17.4. The fourth-order valence-electron chi connectivity index (χ4n) is 3.26. The summed E-state index contributed by atoms with van der Waals surface area (Å²) in [4.78, 5) is 16.9. The van der Waals surface area contributed by atoms with Crippen molar-refractivity contribution in [2.24, 2.45) is 0 Å². The molecular weight excluding hydrogens is 322 g/mol. The van der Waals surface area contributed by atoms with Gasteiger partial charge in [0.1, 0.15) is 0 Å². The molecule has 0 radical (unpaired) electrons. The molecule has 25 heavy (non-hydrogen) atoms. The van der Waals surface area contributed by atoms with Crippen molar-refractivity contribution in [2.75, 3.05) is 0 Å². The van der Waals surface area contributed by atoms with E-state index in [1.807, 2.05) is 11.6 Å². The van der Waals surface area contributed by atoms with Crippen molar-refractivity contribution in [2.45, 2.75) is 45.7 Å². The largest absolute Gasteiger partial charge is 0.459 e. The van der Waals surface area contributed by atoms with Gasteiger partial charge in [-0.3, -0.25) is 9.48 Å². The Bertz CT molecular complexity index is 894. The van der Waals surface area contributed by atoms with Gasteiger partial charge in [0, 0.05) is 6.04 Å². The predicted molar refractivity (Wildman–Crippen MR) is 87.8 cm³/mol. The lowest BCUT2D eigenvalue weighted by molar-refractivity contribution is 0.0947. The molecule has 1 unspecified atom stereocenters. The van der Waals surface area contributed by atoms with Crippen molar-refractivity contribution in [3.63, 3.8) is 0 Å². The van der Waals surface area contributed by atoms with Crippen LogP contribution in [0.3, 0.4) is 0 Å². The molecule has 0 aliphatic carbocycles. The lowest BCUT2D eigenvalue weighted by Crippen LogP contribution is -2.26. The van der Waals surface area contributed by atoms with Crippen LogP contribution in [0.2, 0.25) is 0 Å². The number of aryl methyl sites for hydroxylation is 1. The van der Waals surface area contributed by atoms with Gasteiger partial charge < -0.3 is 14.3 Å². The van der Waals surface area contributed by atoms with Crippen LogP contribution in [-0.4, -0.2) is 25.8 Å². The summed E-state index contributed by atoms with van der Waals surface area (Å²) in [5.41, 5.74) is 2.44. The minimum absolute atomic E-state index is 0.155. The molecule has 0 fully saturated rings. The highest BCUT2D eigenvalue weighted by Crippen LogP contribution is 2.28. The van der Waals surface area contributed by atoms with E-state index >= 15 is 0 Å². The molecule has 1 aliphatic rings. The van der Waals surface area contributed by atoms with Crippen molar-refractivity contribution in [1.82, 2.24) is 25.2 Å². The van der Waals surface area contributed by atoms with Crippen molar-refractivity contribution in [3.8, 4) is 11.7 Å². The van der Waals surface area contributed by atoms with Crippen LogP contribution < -0.4 is 5.32 Å². The van der Waals surface area contributed by atoms with Gasteiger partial charge in [-0.25, -0.2) is 0 Å². The second-order valence-corrected chi connectivity index (χ2v) is 6.27. The molecule has 130 valence electrons. The molecule has 1 aliphatic heterocycles. The molecule has 1 amide bonds. The number of aromatic nitrogens is 4. The summed E-state index contributed by atoms with van der Waals surface area (Å²) in [5.74, 6) is 1.03. The number of hydrogen-bond donors (Lipinski definition) is 1. The first-order valence-corrected chi connectivity index (χ1v) is 8.36. The molecule has 4 heterocycles. The Labute approximate surface area is 144 Å². The normalized spacial score (nSPS) is 16.6. The topological polar surface area (TPSA) is 99.0 Å². The predicted octanol–water partition coefficient (Wildman–Crippen LogP) is 2.66. The highest BCUT2D eigenvalue weighted by atomic mass is 16.5. The molecule has 0 saturated heterocycles. The first-order valence-electron chi connectivity index (χ1n) is 8.36. The maximum atomic E-state index is 12.6. The van der Waals surface area contributed by atoms with Crippen LogP contribution in [0.5, 0.6) is 0 Å². The molecule has 4 rings (SSSR count). The minimum Gasteiger partial charge on any atom is -0.459 e. The molecule has 1 atom stereocenters. The number of furan rings is 1. The molecule has 0 bridgehead atoms. The van der Waals surface area contributed by atoms with Gasteiger partial charge in [0.2, 0.25) is 0 Å². The third kappa shape index (κ3) is 2.84. The van der Waals surface area contributed by atoms with E-state index in [4.69, 9.17) is 8.94 Å². The van der Waals surface area contributed by atoms with E-state index in [1.165, 1.54) is 6.26 Å². The Morgan fingerprint density at radius 2 is 2.36 bits per heavy atom. The van der Waals surface area contributed by atoms with Crippen LogP contribution in [-0.2, 0) is 13.0 Å². The summed E-state index contributed by atoms with van der Waals surface area (Å²) >= 11 is 0. The molecule has 3 aromatic rings. The van der Waals surface area contributed by atoms with Crippen LogP contribution in [0.25, 0.3) is 11.7 Å². The Balaban J connectivity index is 1.48.